The van der Waals surface area contributed by atoms with E-state index in [2.05, 4.69) is 15.0 Å². The predicted octanol–water partition coefficient (Wildman–Crippen LogP) is 2.75. The molecular formula is C22H22N4O4. The van der Waals surface area contributed by atoms with Crippen molar-refractivity contribution >= 4 is 16.5 Å². The third kappa shape index (κ3) is 3.62. The number of aromatic nitrogens is 2. The van der Waals surface area contributed by atoms with Crippen LogP contribution in [0.3, 0.4) is 0 Å². The molecule has 30 heavy (non-hydrogen) atoms. The van der Waals surface area contributed by atoms with Crippen LogP contribution in [0, 0.1) is 0 Å². The van der Waals surface area contributed by atoms with Gasteiger partial charge in [-0.2, -0.15) is 0 Å². The summed E-state index contributed by atoms with van der Waals surface area (Å²) in [5, 5.41) is 14.2. The van der Waals surface area contributed by atoms with Crippen molar-refractivity contribution in [2.45, 2.75) is 0 Å². The molecule has 1 aliphatic heterocycles. The standard InChI is InChI=1S/C22H22N4O4/c27-24-18-14-21(17-13-16-3-2-6-26(16)15-23-17)30-20-5-1-4-19(22(18)20)29-12-9-25-7-10-28-11-8-25/h1-6,13-15,27H,7-12H2/b24-18-. The van der Waals surface area contributed by atoms with Gasteiger partial charge in [0, 0.05) is 37.4 Å². The average molecular weight is 406 g/mol. The quantitative estimate of drug-likeness (QED) is 0.405. The highest BCUT2D eigenvalue weighted by Gasteiger charge is 2.14. The number of ether oxygens (including phenoxy) is 2. The van der Waals surface area contributed by atoms with Crippen LogP contribution in [0.1, 0.15) is 0 Å². The van der Waals surface area contributed by atoms with Crippen LogP contribution in [-0.4, -0.2) is 58.9 Å². The van der Waals surface area contributed by atoms with Gasteiger partial charge in [0.25, 0.3) is 0 Å². The van der Waals surface area contributed by atoms with Gasteiger partial charge in [-0.1, -0.05) is 11.2 Å². The van der Waals surface area contributed by atoms with E-state index in [1.54, 1.807) is 12.4 Å². The van der Waals surface area contributed by atoms with Gasteiger partial charge in [-0.15, -0.1) is 0 Å². The molecule has 4 heterocycles. The second-order valence-corrected chi connectivity index (χ2v) is 7.14. The van der Waals surface area contributed by atoms with Crippen molar-refractivity contribution < 1.29 is 19.1 Å². The summed E-state index contributed by atoms with van der Waals surface area (Å²) in [6, 6.07) is 13.1. The summed E-state index contributed by atoms with van der Waals surface area (Å²) in [4.78, 5) is 6.76. The number of nitrogens with zero attached hydrogens (tertiary/aromatic N) is 4. The predicted molar refractivity (Wildman–Crippen MR) is 111 cm³/mol. The maximum Gasteiger partial charge on any atom is 0.155 e. The Bertz CT molecular complexity index is 1240. The van der Waals surface area contributed by atoms with Gasteiger partial charge in [-0.25, -0.2) is 4.98 Å². The molecule has 0 radical (unpaired) electrons. The van der Waals surface area contributed by atoms with Crippen LogP contribution in [-0.2, 0) is 4.74 Å². The van der Waals surface area contributed by atoms with E-state index in [1.807, 2.05) is 47.0 Å². The van der Waals surface area contributed by atoms with E-state index >= 15 is 0 Å². The average Bonchev–Trinajstić information content (AvgIpc) is 3.27. The summed E-state index contributed by atoms with van der Waals surface area (Å²) >= 11 is 0. The zero-order chi connectivity index (χ0) is 20.3. The number of hydrogen-bond acceptors (Lipinski definition) is 7. The van der Waals surface area contributed by atoms with Crippen molar-refractivity contribution in [2.24, 2.45) is 5.16 Å². The lowest BCUT2D eigenvalue weighted by Crippen LogP contribution is -2.38. The molecule has 8 heteroatoms. The first-order valence-electron chi connectivity index (χ1n) is 9.93. The molecule has 1 N–H and O–H groups in total. The Morgan fingerprint density at radius 1 is 1.13 bits per heavy atom. The number of fused-ring (bicyclic) bond motifs is 2. The van der Waals surface area contributed by atoms with Crippen molar-refractivity contribution in [3.05, 3.63) is 60.3 Å². The maximum absolute atomic E-state index is 9.68. The highest BCUT2D eigenvalue weighted by Crippen LogP contribution is 2.27. The van der Waals surface area contributed by atoms with Crippen molar-refractivity contribution in [3.63, 3.8) is 0 Å². The van der Waals surface area contributed by atoms with Gasteiger partial charge >= 0.3 is 0 Å². The van der Waals surface area contributed by atoms with Crippen LogP contribution in [0.25, 0.3) is 27.9 Å². The Morgan fingerprint density at radius 3 is 2.90 bits per heavy atom. The fourth-order valence-electron chi connectivity index (χ4n) is 3.70. The van der Waals surface area contributed by atoms with Crippen LogP contribution < -0.4 is 10.1 Å². The van der Waals surface area contributed by atoms with Crippen molar-refractivity contribution in [1.29, 1.82) is 0 Å². The molecule has 0 aliphatic carbocycles. The normalized spacial score (nSPS) is 15.8. The monoisotopic (exact) mass is 406 g/mol. The Labute approximate surface area is 172 Å². The third-order valence-electron chi connectivity index (χ3n) is 5.28. The first-order valence-corrected chi connectivity index (χ1v) is 9.93. The molecule has 8 nitrogen and oxygen atoms in total. The van der Waals surface area contributed by atoms with Crippen LogP contribution >= 0.6 is 0 Å². The van der Waals surface area contributed by atoms with Crippen molar-refractivity contribution in [1.82, 2.24) is 14.3 Å². The van der Waals surface area contributed by atoms with Gasteiger partial charge in [0.05, 0.1) is 24.9 Å². The number of hydrogen-bond donors (Lipinski definition) is 1. The molecule has 1 fully saturated rings. The lowest BCUT2D eigenvalue weighted by Gasteiger charge is -2.26. The molecule has 0 unspecified atom stereocenters. The second-order valence-electron chi connectivity index (χ2n) is 7.14. The van der Waals surface area contributed by atoms with Crippen molar-refractivity contribution in [2.75, 3.05) is 39.5 Å². The minimum absolute atomic E-state index is 0.380. The highest BCUT2D eigenvalue weighted by molar-refractivity contribution is 5.84. The Kier molecular flexibility index (Phi) is 5.08. The van der Waals surface area contributed by atoms with E-state index in [9.17, 15) is 5.21 Å². The minimum atomic E-state index is 0.380. The zero-order valence-corrected chi connectivity index (χ0v) is 16.4. The molecule has 0 atom stereocenters. The highest BCUT2D eigenvalue weighted by atomic mass is 16.5. The largest absolute Gasteiger partial charge is 0.491 e. The van der Waals surface area contributed by atoms with Gasteiger partial charge in [0.15, 0.2) is 5.76 Å². The molecule has 0 bridgehead atoms. The van der Waals surface area contributed by atoms with E-state index in [-0.39, 0.29) is 0 Å². The molecule has 5 rings (SSSR count). The molecule has 154 valence electrons. The second kappa shape index (κ2) is 8.17. The van der Waals surface area contributed by atoms with Gasteiger partial charge < -0.3 is 23.5 Å². The molecule has 0 spiro atoms. The van der Waals surface area contributed by atoms with E-state index in [0.717, 1.165) is 38.4 Å². The SMILES string of the molecule is O/N=c1/cc(-c2cc3cccn3cn2)oc2cccc(OCCN3CCOCC3)c12. The minimum Gasteiger partial charge on any atom is -0.491 e. The summed E-state index contributed by atoms with van der Waals surface area (Å²) in [5.41, 5.74) is 2.23. The fourth-order valence-corrected chi connectivity index (χ4v) is 3.70. The molecule has 0 saturated carbocycles. The zero-order valence-electron chi connectivity index (χ0n) is 16.4. The van der Waals surface area contributed by atoms with E-state index in [0.29, 0.717) is 40.1 Å². The van der Waals surface area contributed by atoms with E-state index in [1.165, 1.54) is 0 Å². The van der Waals surface area contributed by atoms with Gasteiger partial charge in [-0.3, -0.25) is 4.90 Å². The van der Waals surface area contributed by atoms with Gasteiger partial charge in [0.2, 0.25) is 0 Å². The first-order chi connectivity index (χ1) is 14.8. The van der Waals surface area contributed by atoms with Crippen LogP contribution in [0.15, 0.2) is 64.6 Å². The number of morpholine rings is 1. The topological polar surface area (TPSA) is 84.7 Å². The molecule has 0 amide bonds. The molecule has 3 aromatic heterocycles. The third-order valence-corrected chi connectivity index (χ3v) is 5.28. The smallest absolute Gasteiger partial charge is 0.155 e. The lowest BCUT2D eigenvalue weighted by molar-refractivity contribution is 0.0323. The summed E-state index contributed by atoms with van der Waals surface area (Å²) in [5.74, 6) is 1.14. The van der Waals surface area contributed by atoms with Crippen molar-refractivity contribution in [3.8, 4) is 17.2 Å². The van der Waals surface area contributed by atoms with E-state index < -0.39 is 0 Å². The Balaban J connectivity index is 1.46. The fraction of sp³-hybridized carbons (Fsp3) is 0.273. The lowest BCUT2D eigenvalue weighted by atomic mass is 10.1. The van der Waals surface area contributed by atoms with E-state index in [4.69, 9.17) is 13.9 Å². The van der Waals surface area contributed by atoms with Crippen LogP contribution in [0.4, 0.5) is 0 Å². The molecule has 1 aliphatic rings. The molecule has 1 saturated heterocycles. The van der Waals surface area contributed by atoms with Gasteiger partial charge in [0.1, 0.15) is 29.0 Å². The first kappa shape index (κ1) is 18.7. The molecular weight excluding hydrogens is 384 g/mol. The number of benzene rings is 1. The van der Waals surface area contributed by atoms with Crippen LogP contribution in [0.2, 0.25) is 0 Å². The molecule has 4 aromatic rings. The summed E-state index contributed by atoms with van der Waals surface area (Å²) < 4.78 is 19.4. The van der Waals surface area contributed by atoms with Crippen LogP contribution in [0.5, 0.6) is 5.75 Å². The van der Waals surface area contributed by atoms with Gasteiger partial charge in [-0.05, 0) is 30.3 Å². The Hall–Kier alpha value is -3.36. The Morgan fingerprint density at radius 2 is 2.03 bits per heavy atom. The summed E-state index contributed by atoms with van der Waals surface area (Å²) in [6.07, 6.45) is 3.66. The number of rotatable bonds is 5. The summed E-state index contributed by atoms with van der Waals surface area (Å²) in [7, 11) is 0. The molecule has 1 aromatic carbocycles. The maximum atomic E-state index is 9.68. The summed E-state index contributed by atoms with van der Waals surface area (Å²) in [6.45, 7) is 4.67.